The van der Waals surface area contributed by atoms with Gasteiger partial charge in [-0.2, -0.15) is 5.10 Å². The van der Waals surface area contributed by atoms with Crippen molar-refractivity contribution in [3.63, 3.8) is 0 Å². The molecule has 0 aromatic carbocycles. The van der Waals surface area contributed by atoms with Crippen LogP contribution in [0.1, 0.15) is 25.0 Å². The third-order valence-electron chi connectivity index (χ3n) is 5.52. The average molecular weight is 349 g/mol. The number of aliphatic hydroxyl groups is 1. The van der Waals surface area contributed by atoms with Crippen LogP contribution in [0.25, 0.3) is 0 Å². The number of hydrogen-bond acceptors (Lipinski definition) is 5. The molecule has 0 saturated carbocycles. The fraction of sp³-hybridized carbons (Fsp3) is 0.778. The zero-order valence-electron chi connectivity index (χ0n) is 15.5. The number of aryl methyl sites for hydroxylation is 2. The largest absolute Gasteiger partial charge is 0.391 e. The minimum absolute atomic E-state index is 0.166. The van der Waals surface area contributed by atoms with Gasteiger partial charge in [-0.3, -0.25) is 14.4 Å². The summed E-state index contributed by atoms with van der Waals surface area (Å²) in [5.74, 6) is 0.166. The third kappa shape index (κ3) is 4.80. The normalized spacial score (nSPS) is 26.6. The van der Waals surface area contributed by atoms with Crippen LogP contribution in [0.3, 0.4) is 0 Å². The zero-order chi connectivity index (χ0) is 17.8. The van der Waals surface area contributed by atoms with Crippen molar-refractivity contribution in [3.05, 3.63) is 18.0 Å². The summed E-state index contributed by atoms with van der Waals surface area (Å²) in [5.41, 5.74) is 0.973. The van der Waals surface area contributed by atoms with E-state index >= 15 is 0 Å². The van der Waals surface area contributed by atoms with Gasteiger partial charge in [0.1, 0.15) is 0 Å². The topological polar surface area (TPSA) is 64.8 Å². The second kappa shape index (κ2) is 8.29. The van der Waals surface area contributed by atoms with Crippen molar-refractivity contribution in [2.24, 2.45) is 0 Å². The molecule has 2 fully saturated rings. The molecular formula is C18H31N5O2. The highest BCUT2D eigenvalue weighted by molar-refractivity contribution is 5.76. The lowest BCUT2D eigenvalue weighted by atomic mass is 10.0. The van der Waals surface area contributed by atoms with Gasteiger partial charge in [0, 0.05) is 64.5 Å². The smallest absolute Gasteiger partial charge is 0.224 e. The van der Waals surface area contributed by atoms with Gasteiger partial charge >= 0.3 is 0 Å². The van der Waals surface area contributed by atoms with Crippen LogP contribution >= 0.6 is 0 Å². The molecule has 0 unspecified atom stereocenters. The van der Waals surface area contributed by atoms with Gasteiger partial charge in [-0.05, 0) is 32.9 Å². The molecule has 0 radical (unpaired) electrons. The van der Waals surface area contributed by atoms with Crippen molar-refractivity contribution < 1.29 is 9.90 Å². The van der Waals surface area contributed by atoms with E-state index in [1.807, 2.05) is 28.8 Å². The van der Waals surface area contributed by atoms with Gasteiger partial charge in [-0.15, -0.1) is 0 Å². The quantitative estimate of drug-likeness (QED) is 0.840. The van der Waals surface area contributed by atoms with Gasteiger partial charge in [-0.25, -0.2) is 0 Å². The van der Waals surface area contributed by atoms with Crippen LogP contribution in [-0.4, -0.2) is 94.0 Å². The summed E-state index contributed by atoms with van der Waals surface area (Å²) in [6.45, 7) is 8.08. The number of aromatic nitrogens is 2. The Balaban J connectivity index is 1.50. The standard InChI is InChI=1S/C18H31N5O2/c1-15-3-9-23(19-15)10-6-18(25)22-7-4-16(17(24)5-8-22)21-13-11-20(2)12-14-21/h3,9,16-17,24H,4-8,10-14H2,1-2H3/t16-,17-/m0/s1. The summed E-state index contributed by atoms with van der Waals surface area (Å²) < 4.78 is 1.83. The second-order valence-electron chi connectivity index (χ2n) is 7.40. The van der Waals surface area contributed by atoms with E-state index in [1.165, 1.54) is 0 Å². The molecule has 3 heterocycles. The summed E-state index contributed by atoms with van der Waals surface area (Å²) >= 11 is 0. The van der Waals surface area contributed by atoms with Gasteiger partial charge < -0.3 is 14.9 Å². The molecular weight excluding hydrogens is 318 g/mol. The Morgan fingerprint density at radius 1 is 1.20 bits per heavy atom. The summed E-state index contributed by atoms with van der Waals surface area (Å²) in [5, 5.41) is 14.9. The molecule has 2 atom stereocenters. The number of piperazine rings is 1. The van der Waals surface area contributed by atoms with Crippen molar-refractivity contribution in [2.45, 2.75) is 44.9 Å². The summed E-state index contributed by atoms with van der Waals surface area (Å²) in [4.78, 5) is 19.2. The summed E-state index contributed by atoms with van der Waals surface area (Å²) in [7, 11) is 2.14. The zero-order valence-corrected chi connectivity index (χ0v) is 15.5. The van der Waals surface area contributed by atoms with E-state index in [4.69, 9.17) is 0 Å². The van der Waals surface area contributed by atoms with Gasteiger partial charge in [0.2, 0.25) is 5.91 Å². The number of carbonyl (C=O) groups excluding carboxylic acids is 1. The maximum absolute atomic E-state index is 12.5. The number of amides is 1. The Bertz CT molecular complexity index is 568. The maximum atomic E-state index is 12.5. The maximum Gasteiger partial charge on any atom is 0.224 e. The van der Waals surface area contributed by atoms with Crippen molar-refractivity contribution in [1.29, 1.82) is 0 Å². The van der Waals surface area contributed by atoms with Crippen LogP contribution in [0.15, 0.2) is 12.3 Å². The lowest BCUT2D eigenvalue weighted by Crippen LogP contribution is -2.52. The first kappa shape index (κ1) is 18.4. The first-order chi connectivity index (χ1) is 12.0. The summed E-state index contributed by atoms with van der Waals surface area (Å²) in [6.07, 6.45) is 3.57. The lowest BCUT2D eigenvalue weighted by Gasteiger charge is -2.39. The molecule has 1 amide bonds. The van der Waals surface area contributed by atoms with Crippen molar-refractivity contribution in [1.82, 2.24) is 24.5 Å². The number of likely N-dealkylation sites (tertiary alicyclic amines) is 1. The molecule has 25 heavy (non-hydrogen) atoms. The molecule has 2 aliphatic heterocycles. The van der Waals surface area contributed by atoms with Gasteiger partial charge in [0.05, 0.1) is 11.8 Å². The minimum Gasteiger partial charge on any atom is -0.391 e. The highest BCUT2D eigenvalue weighted by Gasteiger charge is 2.32. The number of aliphatic hydroxyl groups excluding tert-OH is 1. The minimum atomic E-state index is -0.338. The SMILES string of the molecule is Cc1ccn(CCC(=O)N2CC[C@H](O)[C@@H](N3CCN(C)CC3)CC2)n1. The van der Waals surface area contributed by atoms with Crippen LogP contribution in [0.5, 0.6) is 0 Å². The molecule has 2 saturated heterocycles. The lowest BCUT2D eigenvalue weighted by molar-refractivity contribution is -0.131. The molecule has 7 nitrogen and oxygen atoms in total. The van der Waals surface area contributed by atoms with E-state index in [0.717, 1.165) is 44.8 Å². The van der Waals surface area contributed by atoms with Crippen LogP contribution in [0, 0.1) is 6.92 Å². The monoisotopic (exact) mass is 349 g/mol. The van der Waals surface area contributed by atoms with Crippen molar-refractivity contribution in [2.75, 3.05) is 46.3 Å². The van der Waals surface area contributed by atoms with Crippen LogP contribution in [0.2, 0.25) is 0 Å². The molecule has 140 valence electrons. The fourth-order valence-electron chi connectivity index (χ4n) is 3.86. The Morgan fingerprint density at radius 2 is 1.92 bits per heavy atom. The molecule has 1 aromatic rings. The predicted molar refractivity (Wildman–Crippen MR) is 96.3 cm³/mol. The Kier molecular flexibility index (Phi) is 6.09. The number of hydrogen-bond donors (Lipinski definition) is 1. The molecule has 0 spiro atoms. The van der Waals surface area contributed by atoms with Gasteiger partial charge in [-0.1, -0.05) is 0 Å². The van der Waals surface area contributed by atoms with Crippen molar-refractivity contribution in [3.8, 4) is 0 Å². The van der Waals surface area contributed by atoms with Crippen molar-refractivity contribution >= 4 is 5.91 Å². The molecule has 0 bridgehead atoms. The van der Waals surface area contributed by atoms with E-state index in [0.29, 0.717) is 25.9 Å². The third-order valence-corrected chi connectivity index (χ3v) is 5.52. The predicted octanol–water partition coefficient (Wildman–Crippen LogP) is 0.181. The highest BCUT2D eigenvalue weighted by Crippen LogP contribution is 2.19. The molecule has 2 aliphatic rings. The number of nitrogens with zero attached hydrogens (tertiary/aromatic N) is 5. The van der Waals surface area contributed by atoms with E-state index < -0.39 is 0 Å². The molecule has 1 N–H and O–H groups in total. The van der Waals surface area contributed by atoms with E-state index in [-0.39, 0.29) is 18.1 Å². The van der Waals surface area contributed by atoms with Crippen LogP contribution in [-0.2, 0) is 11.3 Å². The van der Waals surface area contributed by atoms with E-state index in [1.54, 1.807) is 0 Å². The van der Waals surface area contributed by atoms with E-state index in [9.17, 15) is 9.90 Å². The molecule has 0 aliphatic carbocycles. The average Bonchev–Trinajstić information content (AvgIpc) is 2.92. The fourth-order valence-corrected chi connectivity index (χ4v) is 3.86. The number of likely N-dealkylation sites (N-methyl/N-ethyl adjacent to an activating group) is 1. The highest BCUT2D eigenvalue weighted by atomic mass is 16.3. The molecule has 7 heteroatoms. The van der Waals surface area contributed by atoms with Gasteiger partial charge in [0.15, 0.2) is 0 Å². The summed E-state index contributed by atoms with van der Waals surface area (Å²) in [6, 6.07) is 2.13. The number of rotatable bonds is 4. The Morgan fingerprint density at radius 3 is 2.60 bits per heavy atom. The molecule has 1 aromatic heterocycles. The Labute approximate surface area is 150 Å². The first-order valence-electron chi connectivity index (χ1n) is 9.41. The number of carbonyl (C=O) groups is 1. The van der Waals surface area contributed by atoms with Crippen LogP contribution in [0.4, 0.5) is 0 Å². The molecule has 3 rings (SSSR count). The van der Waals surface area contributed by atoms with Gasteiger partial charge in [0.25, 0.3) is 0 Å². The Hall–Kier alpha value is -1.44. The van der Waals surface area contributed by atoms with E-state index in [2.05, 4.69) is 21.9 Å². The van der Waals surface area contributed by atoms with Crippen LogP contribution < -0.4 is 0 Å². The second-order valence-corrected chi connectivity index (χ2v) is 7.40. The first-order valence-corrected chi connectivity index (χ1v) is 9.41.